The van der Waals surface area contributed by atoms with Gasteiger partial charge in [-0.3, -0.25) is 9.78 Å². The van der Waals surface area contributed by atoms with Gasteiger partial charge in [0, 0.05) is 36.3 Å². The van der Waals surface area contributed by atoms with Crippen LogP contribution in [0.1, 0.15) is 21.5 Å². The van der Waals surface area contributed by atoms with Crippen LogP contribution in [0, 0.1) is 6.92 Å². The molecule has 1 aromatic heterocycles. The number of rotatable bonds is 3. The van der Waals surface area contributed by atoms with Gasteiger partial charge in [0.1, 0.15) is 13.2 Å². The maximum atomic E-state index is 13.4. The number of benzene rings is 2. The van der Waals surface area contributed by atoms with E-state index in [-0.39, 0.29) is 5.78 Å². The number of anilines is 1. The van der Waals surface area contributed by atoms with Gasteiger partial charge in [0.2, 0.25) is 0 Å². The Hall–Kier alpha value is -3.12. The average molecular weight is 390 g/mol. The first kappa shape index (κ1) is 17.9. The number of hydrogen-bond acceptors (Lipinski definition) is 6. The second kappa shape index (κ2) is 7.37. The maximum Gasteiger partial charge on any atom is 0.196 e. The molecule has 2 aliphatic rings. The van der Waals surface area contributed by atoms with Gasteiger partial charge >= 0.3 is 0 Å². The van der Waals surface area contributed by atoms with Crippen molar-refractivity contribution >= 4 is 22.4 Å². The van der Waals surface area contributed by atoms with Crippen LogP contribution in [-0.4, -0.2) is 50.3 Å². The zero-order valence-electron chi connectivity index (χ0n) is 16.3. The number of fused-ring (bicyclic) bond motifs is 2. The van der Waals surface area contributed by atoms with Gasteiger partial charge in [-0.15, -0.1) is 0 Å². The lowest BCUT2D eigenvalue weighted by Gasteiger charge is -2.31. The van der Waals surface area contributed by atoms with E-state index in [0.717, 1.165) is 35.2 Å². The van der Waals surface area contributed by atoms with Crippen LogP contribution in [0.3, 0.4) is 0 Å². The monoisotopic (exact) mass is 390 g/mol. The van der Waals surface area contributed by atoms with Gasteiger partial charge in [0.25, 0.3) is 0 Å². The first-order chi connectivity index (χ1) is 14.2. The van der Waals surface area contributed by atoms with Crippen LogP contribution >= 0.6 is 0 Å². The number of carbonyl (C=O) groups excluding carboxylic acids is 1. The molecular formula is C23H22N2O4. The number of ketones is 1. The van der Waals surface area contributed by atoms with E-state index < -0.39 is 0 Å². The summed E-state index contributed by atoms with van der Waals surface area (Å²) in [5.74, 6) is 1.36. The fourth-order valence-electron chi connectivity index (χ4n) is 3.87. The van der Waals surface area contributed by atoms with E-state index >= 15 is 0 Å². The van der Waals surface area contributed by atoms with Crippen molar-refractivity contribution < 1.29 is 19.0 Å². The predicted octanol–water partition coefficient (Wildman–Crippen LogP) is 3.38. The fourth-order valence-corrected chi connectivity index (χ4v) is 3.87. The molecule has 6 heteroatoms. The summed E-state index contributed by atoms with van der Waals surface area (Å²) in [4.78, 5) is 20.2. The molecule has 0 atom stereocenters. The lowest BCUT2D eigenvalue weighted by molar-refractivity contribution is 0.103. The molecule has 3 heterocycles. The summed E-state index contributed by atoms with van der Waals surface area (Å²) in [5.41, 5.74) is 4.05. The Balaban J connectivity index is 1.69. The van der Waals surface area contributed by atoms with Crippen molar-refractivity contribution in [3.8, 4) is 11.5 Å². The third-order valence-electron chi connectivity index (χ3n) is 5.39. The van der Waals surface area contributed by atoms with Gasteiger partial charge in [-0.25, -0.2) is 0 Å². The maximum absolute atomic E-state index is 13.4. The Morgan fingerprint density at radius 2 is 1.66 bits per heavy atom. The van der Waals surface area contributed by atoms with E-state index in [1.807, 2.05) is 43.3 Å². The molecule has 0 aliphatic carbocycles. The molecule has 0 saturated carbocycles. The van der Waals surface area contributed by atoms with Crippen LogP contribution < -0.4 is 14.4 Å². The first-order valence-corrected chi connectivity index (χ1v) is 9.87. The van der Waals surface area contributed by atoms with E-state index in [9.17, 15) is 4.79 Å². The van der Waals surface area contributed by atoms with Crippen molar-refractivity contribution in [2.45, 2.75) is 6.92 Å². The minimum Gasteiger partial charge on any atom is -0.486 e. The van der Waals surface area contributed by atoms with E-state index in [2.05, 4.69) is 9.88 Å². The van der Waals surface area contributed by atoms with E-state index in [0.29, 0.717) is 49.1 Å². The number of aryl methyl sites for hydroxylation is 1. The Bertz CT molecular complexity index is 1070. The quantitative estimate of drug-likeness (QED) is 0.639. The normalized spacial score (nSPS) is 16.1. The third kappa shape index (κ3) is 3.29. The van der Waals surface area contributed by atoms with Gasteiger partial charge in [-0.05, 0) is 13.0 Å². The number of pyridine rings is 1. The van der Waals surface area contributed by atoms with Crippen molar-refractivity contribution in [1.82, 2.24) is 4.98 Å². The summed E-state index contributed by atoms with van der Waals surface area (Å²) < 4.78 is 17.0. The van der Waals surface area contributed by atoms with Crippen molar-refractivity contribution in [3.63, 3.8) is 0 Å². The highest BCUT2D eigenvalue weighted by atomic mass is 16.6. The van der Waals surface area contributed by atoms with Crippen molar-refractivity contribution in [2.24, 2.45) is 0 Å². The number of carbonyl (C=O) groups is 1. The molecule has 1 saturated heterocycles. The van der Waals surface area contributed by atoms with Crippen molar-refractivity contribution in [2.75, 3.05) is 44.4 Å². The van der Waals surface area contributed by atoms with Crippen LogP contribution in [0.25, 0.3) is 10.9 Å². The minimum atomic E-state index is -0.0317. The summed E-state index contributed by atoms with van der Waals surface area (Å²) >= 11 is 0. The summed E-state index contributed by atoms with van der Waals surface area (Å²) in [7, 11) is 0. The Labute approximate surface area is 169 Å². The highest BCUT2D eigenvalue weighted by Crippen LogP contribution is 2.39. The van der Waals surface area contributed by atoms with E-state index in [1.54, 1.807) is 6.20 Å². The van der Waals surface area contributed by atoms with E-state index in [4.69, 9.17) is 14.2 Å². The Morgan fingerprint density at radius 1 is 0.966 bits per heavy atom. The number of morpholine rings is 1. The van der Waals surface area contributed by atoms with Gasteiger partial charge in [-0.2, -0.15) is 0 Å². The summed E-state index contributed by atoms with van der Waals surface area (Å²) in [6, 6.07) is 11.5. The van der Waals surface area contributed by atoms with Crippen LogP contribution in [0.2, 0.25) is 0 Å². The molecule has 0 amide bonds. The molecule has 5 rings (SSSR count). The Morgan fingerprint density at radius 3 is 2.38 bits per heavy atom. The topological polar surface area (TPSA) is 60.9 Å². The average Bonchev–Trinajstić information content (AvgIpc) is 2.77. The second-order valence-corrected chi connectivity index (χ2v) is 7.33. The van der Waals surface area contributed by atoms with Crippen molar-refractivity contribution in [1.29, 1.82) is 0 Å². The van der Waals surface area contributed by atoms with Gasteiger partial charge in [0.05, 0.1) is 30.0 Å². The van der Waals surface area contributed by atoms with Crippen LogP contribution in [-0.2, 0) is 4.74 Å². The number of nitrogens with zero attached hydrogens (tertiary/aromatic N) is 2. The smallest absolute Gasteiger partial charge is 0.196 e. The molecule has 0 bridgehead atoms. The minimum absolute atomic E-state index is 0.0317. The van der Waals surface area contributed by atoms with Crippen LogP contribution in [0.15, 0.2) is 42.6 Å². The van der Waals surface area contributed by atoms with Crippen molar-refractivity contribution in [3.05, 3.63) is 59.3 Å². The number of aromatic nitrogens is 1. The molecular weight excluding hydrogens is 368 g/mol. The standard InChI is InChI=1S/C23H22N2O4/c1-15-2-4-16(5-3-15)23(26)18-14-24-19-13-21-20(28-10-11-29-21)12-17(19)22(18)25-6-8-27-9-7-25/h2-5,12-14H,6-11H2,1H3. The molecule has 1 fully saturated rings. The third-order valence-corrected chi connectivity index (χ3v) is 5.39. The lowest BCUT2D eigenvalue weighted by atomic mass is 9.98. The van der Waals surface area contributed by atoms with Gasteiger partial charge < -0.3 is 19.1 Å². The molecule has 29 heavy (non-hydrogen) atoms. The largest absolute Gasteiger partial charge is 0.486 e. The van der Waals surface area contributed by atoms with Crippen LogP contribution in [0.5, 0.6) is 11.5 Å². The molecule has 6 nitrogen and oxygen atoms in total. The first-order valence-electron chi connectivity index (χ1n) is 9.87. The molecule has 148 valence electrons. The molecule has 0 spiro atoms. The zero-order chi connectivity index (χ0) is 19.8. The highest BCUT2D eigenvalue weighted by Gasteiger charge is 2.25. The summed E-state index contributed by atoms with van der Waals surface area (Å²) in [5, 5.41) is 0.897. The number of ether oxygens (including phenoxy) is 3. The summed E-state index contributed by atoms with van der Waals surface area (Å²) in [6.07, 6.45) is 1.69. The van der Waals surface area contributed by atoms with E-state index in [1.165, 1.54) is 0 Å². The van der Waals surface area contributed by atoms with Crippen LogP contribution in [0.4, 0.5) is 5.69 Å². The van der Waals surface area contributed by atoms with Gasteiger partial charge in [-0.1, -0.05) is 29.8 Å². The van der Waals surface area contributed by atoms with Gasteiger partial charge in [0.15, 0.2) is 17.3 Å². The molecule has 0 radical (unpaired) electrons. The molecule has 0 N–H and O–H groups in total. The summed E-state index contributed by atoms with van der Waals surface area (Å²) in [6.45, 7) is 5.76. The highest BCUT2D eigenvalue weighted by molar-refractivity contribution is 6.16. The zero-order valence-corrected chi connectivity index (χ0v) is 16.3. The number of hydrogen-bond donors (Lipinski definition) is 0. The molecule has 2 aromatic carbocycles. The Kier molecular flexibility index (Phi) is 4.56. The lowest BCUT2D eigenvalue weighted by Crippen LogP contribution is -2.37. The predicted molar refractivity (Wildman–Crippen MR) is 110 cm³/mol. The molecule has 2 aliphatic heterocycles. The SMILES string of the molecule is Cc1ccc(C(=O)c2cnc3cc4c(cc3c2N2CCOCC2)OCCO4)cc1. The molecule has 3 aromatic rings. The molecule has 0 unspecified atom stereocenters. The second-order valence-electron chi connectivity index (χ2n) is 7.33. The fraction of sp³-hybridized carbons (Fsp3) is 0.304.